The molecule has 122 valence electrons. The van der Waals surface area contributed by atoms with E-state index in [4.69, 9.17) is 9.47 Å². The number of rotatable bonds is 4. The minimum atomic E-state index is 0.442. The van der Waals surface area contributed by atoms with Crippen LogP contribution in [0.25, 0.3) is 0 Å². The summed E-state index contributed by atoms with van der Waals surface area (Å²) in [5.41, 5.74) is 2.77. The summed E-state index contributed by atoms with van der Waals surface area (Å²) in [6.07, 6.45) is 2.71. The standard InChI is InChI=1S/C17H25BrN2O2/c1-21-16-4-6-19(7-5-16)13-14-12-15(18)2-3-17(14)20-8-10-22-11-9-20/h2-3,12,16H,4-11,13H2,1H3. The molecule has 0 bridgehead atoms. The van der Waals surface area contributed by atoms with Gasteiger partial charge in [-0.25, -0.2) is 0 Å². The second-order valence-corrected chi connectivity index (χ2v) is 7.00. The Hall–Kier alpha value is -0.620. The Morgan fingerprint density at radius 2 is 1.91 bits per heavy atom. The molecule has 0 saturated carbocycles. The van der Waals surface area contributed by atoms with Crippen LogP contribution in [-0.2, 0) is 16.0 Å². The average molecular weight is 369 g/mol. The summed E-state index contributed by atoms with van der Waals surface area (Å²) in [5.74, 6) is 0. The fraction of sp³-hybridized carbons (Fsp3) is 0.647. The molecule has 22 heavy (non-hydrogen) atoms. The molecule has 2 saturated heterocycles. The van der Waals surface area contributed by atoms with Crippen molar-refractivity contribution < 1.29 is 9.47 Å². The van der Waals surface area contributed by atoms with Gasteiger partial charge in [0, 0.05) is 50.0 Å². The van der Waals surface area contributed by atoms with Gasteiger partial charge in [-0.3, -0.25) is 4.90 Å². The fourth-order valence-electron chi connectivity index (χ4n) is 3.34. The van der Waals surface area contributed by atoms with Gasteiger partial charge in [0.25, 0.3) is 0 Å². The van der Waals surface area contributed by atoms with Crippen molar-refractivity contribution in [1.29, 1.82) is 0 Å². The zero-order chi connectivity index (χ0) is 15.4. The number of nitrogens with zero attached hydrogens (tertiary/aromatic N) is 2. The van der Waals surface area contributed by atoms with E-state index in [0.29, 0.717) is 6.10 Å². The Morgan fingerprint density at radius 3 is 2.59 bits per heavy atom. The number of piperidine rings is 1. The highest BCUT2D eigenvalue weighted by atomic mass is 79.9. The minimum Gasteiger partial charge on any atom is -0.381 e. The molecule has 1 aromatic rings. The Labute approximate surface area is 141 Å². The van der Waals surface area contributed by atoms with E-state index in [2.05, 4.69) is 43.9 Å². The van der Waals surface area contributed by atoms with Gasteiger partial charge in [-0.2, -0.15) is 0 Å². The largest absolute Gasteiger partial charge is 0.381 e. The van der Waals surface area contributed by atoms with Crippen molar-refractivity contribution in [2.24, 2.45) is 0 Å². The number of anilines is 1. The zero-order valence-electron chi connectivity index (χ0n) is 13.3. The van der Waals surface area contributed by atoms with E-state index in [9.17, 15) is 0 Å². The number of likely N-dealkylation sites (tertiary alicyclic amines) is 1. The number of morpholine rings is 1. The lowest BCUT2D eigenvalue weighted by Gasteiger charge is -2.34. The third-order valence-corrected chi connectivity index (χ3v) is 5.15. The molecule has 0 atom stereocenters. The number of benzene rings is 1. The Bertz CT molecular complexity index is 484. The van der Waals surface area contributed by atoms with E-state index >= 15 is 0 Å². The van der Waals surface area contributed by atoms with E-state index in [1.54, 1.807) is 0 Å². The molecular formula is C17H25BrN2O2. The first-order valence-electron chi connectivity index (χ1n) is 8.12. The van der Waals surface area contributed by atoms with Gasteiger partial charge in [0.1, 0.15) is 0 Å². The summed E-state index contributed by atoms with van der Waals surface area (Å²) in [6, 6.07) is 6.66. The van der Waals surface area contributed by atoms with Crippen LogP contribution in [0.15, 0.2) is 22.7 Å². The van der Waals surface area contributed by atoms with Crippen molar-refractivity contribution in [1.82, 2.24) is 4.90 Å². The molecule has 4 nitrogen and oxygen atoms in total. The molecule has 0 unspecified atom stereocenters. The molecule has 2 fully saturated rings. The Morgan fingerprint density at radius 1 is 1.18 bits per heavy atom. The highest BCUT2D eigenvalue weighted by Gasteiger charge is 2.21. The molecule has 0 N–H and O–H groups in total. The van der Waals surface area contributed by atoms with Gasteiger partial charge in [0.2, 0.25) is 0 Å². The minimum absolute atomic E-state index is 0.442. The van der Waals surface area contributed by atoms with Crippen molar-refractivity contribution in [3.05, 3.63) is 28.2 Å². The molecule has 0 aromatic heterocycles. The van der Waals surface area contributed by atoms with E-state index in [1.807, 2.05) is 7.11 Å². The van der Waals surface area contributed by atoms with Crippen LogP contribution >= 0.6 is 15.9 Å². The predicted octanol–water partition coefficient (Wildman–Crippen LogP) is 2.90. The Balaban J connectivity index is 1.70. The SMILES string of the molecule is COC1CCN(Cc2cc(Br)ccc2N2CCOCC2)CC1. The third kappa shape index (κ3) is 4.02. The summed E-state index contributed by atoms with van der Waals surface area (Å²) in [5, 5.41) is 0. The number of methoxy groups -OCH3 is 1. The molecule has 2 aliphatic rings. The smallest absolute Gasteiger partial charge is 0.0642 e. The predicted molar refractivity (Wildman–Crippen MR) is 92.5 cm³/mol. The fourth-order valence-corrected chi connectivity index (χ4v) is 3.75. The number of hydrogen-bond donors (Lipinski definition) is 0. The molecule has 5 heteroatoms. The van der Waals surface area contributed by atoms with Crippen molar-refractivity contribution in [3.63, 3.8) is 0 Å². The van der Waals surface area contributed by atoms with Crippen LogP contribution in [0.3, 0.4) is 0 Å². The van der Waals surface area contributed by atoms with Gasteiger partial charge in [0.05, 0.1) is 19.3 Å². The van der Waals surface area contributed by atoms with Crippen molar-refractivity contribution in [2.75, 3.05) is 51.4 Å². The molecule has 2 heterocycles. The average Bonchev–Trinajstić information content (AvgIpc) is 2.56. The maximum Gasteiger partial charge on any atom is 0.0642 e. The van der Waals surface area contributed by atoms with Gasteiger partial charge in [0.15, 0.2) is 0 Å². The lowest BCUT2D eigenvalue weighted by Crippen LogP contribution is -2.39. The summed E-state index contributed by atoms with van der Waals surface area (Å²) in [4.78, 5) is 4.99. The van der Waals surface area contributed by atoms with E-state index in [1.165, 1.54) is 11.3 Å². The van der Waals surface area contributed by atoms with Gasteiger partial charge in [-0.15, -0.1) is 0 Å². The van der Waals surface area contributed by atoms with Crippen LogP contribution in [0.5, 0.6) is 0 Å². The molecule has 1 aromatic carbocycles. The Kier molecular flexibility index (Phi) is 5.74. The van der Waals surface area contributed by atoms with Gasteiger partial charge >= 0.3 is 0 Å². The van der Waals surface area contributed by atoms with Crippen molar-refractivity contribution >= 4 is 21.6 Å². The summed E-state index contributed by atoms with van der Waals surface area (Å²) in [7, 11) is 1.82. The van der Waals surface area contributed by atoms with E-state index in [-0.39, 0.29) is 0 Å². The van der Waals surface area contributed by atoms with E-state index in [0.717, 1.165) is 63.3 Å². The quantitative estimate of drug-likeness (QED) is 0.815. The number of hydrogen-bond acceptors (Lipinski definition) is 4. The third-order valence-electron chi connectivity index (χ3n) is 4.66. The lowest BCUT2D eigenvalue weighted by atomic mass is 10.1. The van der Waals surface area contributed by atoms with Gasteiger partial charge in [-0.05, 0) is 36.6 Å². The first-order chi connectivity index (χ1) is 10.8. The van der Waals surface area contributed by atoms with E-state index < -0.39 is 0 Å². The van der Waals surface area contributed by atoms with Crippen LogP contribution in [0.2, 0.25) is 0 Å². The lowest BCUT2D eigenvalue weighted by molar-refractivity contribution is 0.0388. The van der Waals surface area contributed by atoms with Gasteiger partial charge in [-0.1, -0.05) is 15.9 Å². The topological polar surface area (TPSA) is 24.9 Å². The molecule has 0 aliphatic carbocycles. The monoisotopic (exact) mass is 368 g/mol. The maximum absolute atomic E-state index is 5.48. The highest BCUT2D eigenvalue weighted by Crippen LogP contribution is 2.28. The number of ether oxygens (including phenoxy) is 2. The van der Waals surface area contributed by atoms with Crippen molar-refractivity contribution in [2.45, 2.75) is 25.5 Å². The zero-order valence-corrected chi connectivity index (χ0v) is 14.8. The summed E-state index contributed by atoms with van der Waals surface area (Å²) >= 11 is 3.62. The first-order valence-corrected chi connectivity index (χ1v) is 8.92. The van der Waals surface area contributed by atoms with Crippen molar-refractivity contribution in [3.8, 4) is 0 Å². The van der Waals surface area contributed by atoms with Crippen LogP contribution in [0.4, 0.5) is 5.69 Å². The molecular weight excluding hydrogens is 344 g/mol. The normalized spacial score (nSPS) is 21.3. The van der Waals surface area contributed by atoms with Gasteiger partial charge < -0.3 is 14.4 Å². The number of halogens is 1. The highest BCUT2D eigenvalue weighted by molar-refractivity contribution is 9.10. The van der Waals surface area contributed by atoms with Crippen LogP contribution < -0.4 is 4.90 Å². The first kappa shape index (κ1) is 16.2. The maximum atomic E-state index is 5.48. The summed E-state index contributed by atoms with van der Waals surface area (Å²) < 4.78 is 12.1. The second-order valence-electron chi connectivity index (χ2n) is 6.08. The second kappa shape index (κ2) is 7.77. The molecule has 0 radical (unpaired) electrons. The summed E-state index contributed by atoms with van der Waals surface area (Å²) in [6.45, 7) is 6.88. The van der Waals surface area contributed by atoms with Crippen LogP contribution in [0.1, 0.15) is 18.4 Å². The van der Waals surface area contributed by atoms with Crippen LogP contribution in [0, 0.1) is 0 Å². The molecule has 2 aliphatic heterocycles. The molecule has 3 rings (SSSR count). The molecule has 0 spiro atoms. The molecule has 0 amide bonds. The van der Waals surface area contributed by atoms with Crippen LogP contribution in [-0.4, -0.2) is 57.5 Å².